The zero-order valence-electron chi connectivity index (χ0n) is 34.5. The predicted molar refractivity (Wildman–Crippen MR) is 210 cm³/mol. The Labute approximate surface area is 370 Å². The van der Waals surface area contributed by atoms with Gasteiger partial charge in [-0.15, -0.1) is 0 Å². The average Bonchev–Trinajstić information content (AvgIpc) is 3.28. The second-order valence-electron chi connectivity index (χ2n) is 15.6. The Morgan fingerprint density at radius 2 is 1.62 bits per heavy atom. The molecule has 0 spiro atoms. The highest BCUT2D eigenvalue weighted by atomic mass is 16.8. The number of nitrogens with one attached hydrogen (secondary N) is 1. The average molecular weight is 931 g/mol. The Kier molecular flexibility index (Phi) is 13.3. The summed E-state index contributed by atoms with van der Waals surface area (Å²) < 4.78 is 38.0. The highest BCUT2D eigenvalue weighted by Gasteiger charge is 2.52. The smallest absolute Gasteiger partial charge is 0.407 e. The summed E-state index contributed by atoms with van der Waals surface area (Å²) in [6.45, 7) is -1.82. The van der Waals surface area contributed by atoms with Crippen LogP contribution in [0.15, 0.2) is 36.4 Å². The van der Waals surface area contributed by atoms with Gasteiger partial charge < -0.3 is 84.4 Å². The van der Waals surface area contributed by atoms with E-state index < -0.39 is 168 Å². The van der Waals surface area contributed by atoms with E-state index in [2.05, 4.69) is 5.32 Å². The number of hydrogen-bond acceptors (Lipinski definition) is 22. The second kappa shape index (κ2) is 18.5. The molecule has 354 valence electrons. The first-order chi connectivity index (χ1) is 31.2. The maximum absolute atomic E-state index is 14.0. The van der Waals surface area contributed by atoms with Gasteiger partial charge in [-0.1, -0.05) is 18.2 Å². The lowest BCUT2D eigenvalue weighted by Gasteiger charge is -2.42. The zero-order valence-corrected chi connectivity index (χ0v) is 34.5. The summed E-state index contributed by atoms with van der Waals surface area (Å²) in [6, 6.07) is 5.89. The number of methoxy groups -OCH3 is 2. The topological polar surface area (TPSA) is 387 Å². The molecule has 2 saturated heterocycles. The van der Waals surface area contributed by atoms with Crippen LogP contribution in [0.3, 0.4) is 0 Å². The first-order valence-electron chi connectivity index (χ1n) is 19.8. The number of hydrogen-bond donors (Lipinski definition) is 10. The van der Waals surface area contributed by atoms with Crippen molar-refractivity contribution in [2.75, 3.05) is 20.8 Å². The van der Waals surface area contributed by atoms with Crippen molar-refractivity contribution in [2.45, 2.75) is 93.0 Å². The van der Waals surface area contributed by atoms with E-state index in [0.717, 1.165) is 19.2 Å². The van der Waals surface area contributed by atoms with Crippen LogP contribution < -0.4 is 14.8 Å². The van der Waals surface area contributed by atoms with Gasteiger partial charge in [-0.2, -0.15) is 0 Å². The number of aliphatic hydroxyl groups excluding tert-OH is 5. The van der Waals surface area contributed by atoms with E-state index in [1.54, 1.807) is 0 Å². The fraction of sp³-hybridized carbons (Fsp3) is 0.439. The molecule has 10 N–H and O–H groups in total. The second-order valence-corrected chi connectivity index (χ2v) is 15.6. The third kappa shape index (κ3) is 8.47. The zero-order chi connectivity index (χ0) is 48.1. The van der Waals surface area contributed by atoms with Gasteiger partial charge in [0.05, 0.1) is 40.9 Å². The van der Waals surface area contributed by atoms with Crippen molar-refractivity contribution in [3.8, 4) is 23.0 Å². The van der Waals surface area contributed by atoms with E-state index in [9.17, 15) is 80.0 Å². The van der Waals surface area contributed by atoms with Gasteiger partial charge in [-0.05, 0) is 17.7 Å². The molecule has 25 heteroatoms. The maximum atomic E-state index is 14.0. The molecule has 2 fully saturated rings. The minimum absolute atomic E-state index is 0.00933. The number of carbonyl (C=O) groups excluding carboxylic acids is 4. The third-order valence-corrected chi connectivity index (χ3v) is 11.7. The summed E-state index contributed by atoms with van der Waals surface area (Å²) in [7, 11) is 2.38. The molecule has 9 unspecified atom stereocenters. The Bertz CT molecular complexity index is 2480. The monoisotopic (exact) mass is 930 g/mol. The Hall–Kier alpha value is -6.39. The van der Waals surface area contributed by atoms with Crippen molar-refractivity contribution in [3.63, 3.8) is 0 Å². The van der Waals surface area contributed by atoms with Crippen LogP contribution in [0.5, 0.6) is 23.0 Å². The van der Waals surface area contributed by atoms with Crippen molar-refractivity contribution >= 4 is 35.1 Å². The number of phenols is 2. The number of ether oxygens (including phenoxy) is 7. The number of rotatable bonds is 13. The summed E-state index contributed by atoms with van der Waals surface area (Å²) in [5, 5.41) is 110. The Morgan fingerprint density at radius 3 is 2.27 bits per heavy atom. The van der Waals surface area contributed by atoms with E-state index in [-0.39, 0.29) is 33.6 Å². The fourth-order valence-electron chi connectivity index (χ4n) is 8.34. The summed E-state index contributed by atoms with van der Waals surface area (Å²) in [5.74, 6) is -6.95. The molecule has 3 aromatic carbocycles. The molecule has 3 aromatic rings. The molecule has 4 aliphatic rings. The maximum Gasteiger partial charge on any atom is 0.407 e. The third-order valence-electron chi connectivity index (χ3n) is 11.7. The number of aromatic hydroxyl groups is 2. The molecule has 2 heterocycles. The predicted octanol–water partition coefficient (Wildman–Crippen LogP) is -1.27. The molecular weight excluding hydrogens is 888 g/mol. The first-order valence-corrected chi connectivity index (χ1v) is 19.8. The number of benzene rings is 3. The number of carbonyl (C=O) groups is 5. The van der Waals surface area contributed by atoms with Crippen LogP contribution in [0.25, 0.3) is 0 Å². The van der Waals surface area contributed by atoms with Gasteiger partial charge in [0.15, 0.2) is 36.0 Å². The molecule has 2 aliphatic heterocycles. The standard InChI is InChI=1S/C41H42N2O23/c1-60-20-5-3-4-15-24(20)31(49)27-26(28(15)46)29(47)16-10-41(57,22(45)12-44)11-21(25(16)32(27)50)63-23-9-17(30(48)38(61-2)65-23)42-40(56)62-13-14-6-7-19(18(8-14)43(58)59)64-39-35(53)33(51)34(52)36(66-39)37(54)55/h3-8,17,21,23,30,33-36,38-39,44,47-48,50-53,57H,9-13H2,1-2H3,(H,42,56)(H,54,55)/t17?,21-,23?,30?,33?,34?,35?,36?,38?,39?,41-/m0/s1. The van der Waals surface area contributed by atoms with Gasteiger partial charge in [0.2, 0.25) is 12.1 Å². The van der Waals surface area contributed by atoms with Crippen molar-refractivity contribution < 1.29 is 108 Å². The van der Waals surface area contributed by atoms with Crippen LogP contribution in [0.2, 0.25) is 0 Å². The number of carboxylic acid groups (broad SMARTS) is 1. The van der Waals surface area contributed by atoms with E-state index in [1.807, 2.05) is 0 Å². The van der Waals surface area contributed by atoms with Crippen molar-refractivity contribution in [1.82, 2.24) is 5.32 Å². The van der Waals surface area contributed by atoms with Crippen LogP contribution in [0.1, 0.15) is 67.5 Å². The number of nitrogens with zero attached hydrogens (tertiary/aromatic N) is 1. The van der Waals surface area contributed by atoms with Gasteiger partial charge in [-0.3, -0.25) is 24.5 Å². The number of aliphatic hydroxyl groups is 6. The summed E-state index contributed by atoms with van der Waals surface area (Å²) >= 11 is 0. The van der Waals surface area contributed by atoms with Crippen LogP contribution in [-0.2, 0) is 46.3 Å². The molecule has 66 heavy (non-hydrogen) atoms. The van der Waals surface area contributed by atoms with Gasteiger partial charge in [0, 0.05) is 49.1 Å². The minimum atomic E-state index is -2.48. The lowest BCUT2D eigenvalue weighted by atomic mass is 9.72. The minimum Gasteiger partial charge on any atom is -0.507 e. The van der Waals surface area contributed by atoms with Gasteiger partial charge in [0.1, 0.15) is 60.5 Å². The Morgan fingerprint density at radius 1 is 0.909 bits per heavy atom. The van der Waals surface area contributed by atoms with E-state index >= 15 is 0 Å². The molecule has 0 radical (unpaired) electrons. The van der Waals surface area contributed by atoms with Crippen LogP contribution in [-0.4, -0.2) is 162 Å². The number of nitro benzene ring substituents is 1. The van der Waals surface area contributed by atoms with Gasteiger partial charge in [-0.25, -0.2) is 9.59 Å². The first kappa shape index (κ1) is 47.6. The SMILES string of the molecule is COc1cccc2c1C(=O)c1c(O)c3c(c(O)c1C2=O)C[C@@](O)(C(=O)CO)C[C@@H]3OC1CC(NC(=O)OCc2ccc(OC3OC(C(=O)O)C(O)C(O)C3O)c([N+](=O)[O-])c2)C(O)C(OC)O1. The Balaban J connectivity index is 1.10. The molecular formula is C41H42N2O23. The van der Waals surface area contributed by atoms with Crippen LogP contribution >= 0.6 is 0 Å². The number of phenolic OH excluding ortho intramolecular Hbond substituents is 2. The fourth-order valence-corrected chi connectivity index (χ4v) is 8.34. The number of aliphatic carboxylic acids is 1. The molecule has 7 rings (SSSR count). The van der Waals surface area contributed by atoms with Gasteiger partial charge in [0.25, 0.3) is 0 Å². The summed E-state index contributed by atoms with van der Waals surface area (Å²) in [6.07, 6.45) is -19.7. The van der Waals surface area contributed by atoms with Crippen LogP contribution in [0.4, 0.5) is 10.5 Å². The largest absolute Gasteiger partial charge is 0.507 e. The number of carboxylic acids is 1. The number of alkyl carbamates (subject to hydrolysis) is 1. The highest BCUT2D eigenvalue weighted by molar-refractivity contribution is 6.31. The number of Topliss-reactive ketones (excluding diaryl/α,β-unsaturated/α-hetero) is 1. The summed E-state index contributed by atoms with van der Waals surface area (Å²) in [4.78, 5) is 76.4. The van der Waals surface area contributed by atoms with E-state index in [4.69, 9.17) is 33.2 Å². The molecule has 0 saturated carbocycles. The van der Waals surface area contributed by atoms with Crippen molar-refractivity contribution in [3.05, 3.63) is 85.5 Å². The molecule has 0 bridgehead atoms. The number of ketones is 3. The van der Waals surface area contributed by atoms with Crippen molar-refractivity contribution in [1.29, 1.82) is 0 Å². The van der Waals surface area contributed by atoms with E-state index in [1.165, 1.54) is 31.4 Å². The molecule has 25 nitrogen and oxygen atoms in total. The molecule has 1 amide bonds. The lowest BCUT2D eigenvalue weighted by molar-refractivity contribution is -0.387. The van der Waals surface area contributed by atoms with Gasteiger partial charge >= 0.3 is 17.7 Å². The summed E-state index contributed by atoms with van der Waals surface area (Å²) in [5.41, 5.74) is -5.60. The molecule has 0 aromatic heterocycles. The number of fused-ring (bicyclic) bond motifs is 3. The molecule has 2 aliphatic carbocycles. The lowest BCUT2D eigenvalue weighted by Crippen LogP contribution is -2.61. The highest BCUT2D eigenvalue weighted by Crippen LogP contribution is 2.52. The number of amides is 1. The van der Waals surface area contributed by atoms with Crippen molar-refractivity contribution in [2.24, 2.45) is 0 Å². The quantitative estimate of drug-likeness (QED) is 0.0424. The molecule has 11 atom stereocenters. The normalized spacial score (nSPS) is 29.2. The van der Waals surface area contributed by atoms with Crippen LogP contribution in [0, 0.1) is 10.1 Å². The number of nitro groups is 1. The van der Waals surface area contributed by atoms with E-state index in [0.29, 0.717) is 0 Å².